The van der Waals surface area contributed by atoms with Crippen molar-refractivity contribution in [3.05, 3.63) is 36.1 Å². The fourth-order valence-electron chi connectivity index (χ4n) is 2.55. The number of carbonyl (C=O) groups excluding carboxylic acids is 1. The molecule has 0 fully saturated rings. The van der Waals surface area contributed by atoms with Gasteiger partial charge in [0.25, 0.3) is 0 Å². The first kappa shape index (κ1) is 15.2. The number of rotatable bonds is 2. The second-order valence-electron chi connectivity index (χ2n) is 6.01. The van der Waals surface area contributed by atoms with Crippen LogP contribution < -0.4 is 14.8 Å². The monoisotopic (exact) mass is 317 g/mol. The maximum Gasteiger partial charge on any atom is 0.323 e. The highest BCUT2D eigenvalue weighted by atomic mass is 16.5. The second kappa shape index (κ2) is 5.83. The number of hydrogen-bond donors (Lipinski definition) is 1. The van der Waals surface area contributed by atoms with E-state index in [0.29, 0.717) is 18.9 Å². The zero-order valence-electron chi connectivity index (χ0n) is 13.3. The van der Waals surface area contributed by atoms with Crippen LogP contribution in [0, 0.1) is 0 Å². The molecule has 1 aromatic heterocycles. The minimum absolute atomic E-state index is 0.251. The van der Waals surface area contributed by atoms with Crippen molar-refractivity contribution in [3.8, 4) is 11.5 Å². The van der Waals surface area contributed by atoms with Gasteiger partial charge in [-0.15, -0.1) is 0 Å². The molecule has 1 aliphatic rings. The van der Waals surface area contributed by atoms with E-state index in [4.69, 9.17) is 14.0 Å². The molecule has 122 valence electrons. The quantitative estimate of drug-likeness (QED) is 0.921. The zero-order chi connectivity index (χ0) is 16.4. The van der Waals surface area contributed by atoms with Crippen LogP contribution in [0.15, 0.2) is 35.1 Å². The van der Waals surface area contributed by atoms with Gasteiger partial charge in [-0.1, -0.05) is 5.16 Å². The Morgan fingerprint density at radius 3 is 2.91 bits per heavy atom. The van der Waals surface area contributed by atoms with E-state index in [0.717, 1.165) is 17.1 Å². The molecule has 1 N–H and O–H groups in total. The van der Waals surface area contributed by atoms with Gasteiger partial charge >= 0.3 is 6.03 Å². The van der Waals surface area contributed by atoms with Crippen LogP contribution >= 0.6 is 0 Å². The van der Waals surface area contributed by atoms with Gasteiger partial charge in [0.2, 0.25) is 0 Å². The van der Waals surface area contributed by atoms with Gasteiger partial charge in [0.1, 0.15) is 23.4 Å². The minimum atomic E-state index is -0.529. The minimum Gasteiger partial charge on any atom is -0.497 e. The third-order valence-corrected chi connectivity index (χ3v) is 3.55. The molecule has 2 aromatic rings. The van der Waals surface area contributed by atoms with Crippen LogP contribution in [0.25, 0.3) is 0 Å². The topological polar surface area (TPSA) is 76.8 Å². The van der Waals surface area contributed by atoms with Crippen molar-refractivity contribution in [2.24, 2.45) is 0 Å². The van der Waals surface area contributed by atoms with Gasteiger partial charge in [-0.05, 0) is 26.0 Å². The Hall–Kier alpha value is -2.70. The number of urea groups is 1. The SMILES string of the molecule is COc1ccc2c(c1)OC(C)(C)CN(C(=O)Nc1ccon1)C2. The first-order chi connectivity index (χ1) is 11.0. The molecule has 0 spiro atoms. The molecule has 7 nitrogen and oxygen atoms in total. The highest BCUT2D eigenvalue weighted by Crippen LogP contribution is 2.32. The van der Waals surface area contributed by atoms with Gasteiger partial charge in [0, 0.05) is 17.7 Å². The Morgan fingerprint density at radius 1 is 1.39 bits per heavy atom. The summed E-state index contributed by atoms with van der Waals surface area (Å²) in [5.74, 6) is 1.83. The molecule has 7 heteroatoms. The molecule has 1 aliphatic heterocycles. The molecule has 0 saturated heterocycles. The third-order valence-electron chi connectivity index (χ3n) is 3.55. The average Bonchev–Trinajstić information content (AvgIpc) is 2.95. The number of hydrogen-bond acceptors (Lipinski definition) is 5. The first-order valence-electron chi connectivity index (χ1n) is 7.29. The molecular formula is C16H19N3O4. The lowest BCUT2D eigenvalue weighted by Gasteiger charge is -2.29. The molecule has 0 aliphatic carbocycles. The normalized spacial score (nSPS) is 16.0. The Labute approximate surface area is 134 Å². The van der Waals surface area contributed by atoms with Crippen molar-refractivity contribution < 1.29 is 18.8 Å². The van der Waals surface area contributed by atoms with Gasteiger partial charge in [-0.3, -0.25) is 5.32 Å². The fraction of sp³-hybridized carbons (Fsp3) is 0.375. The molecule has 0 saturated carbocycles. The summed E-state index contributed by atoms with van der Waals surface area (Å²) in [7, 11) is 1.61. The lowest BCUT2D eigenvalue weighted by Crippen LogP contribution is -2.44. The van der Waals surface area contributed by atoms with E-state index in [1.165, 1.54) is 6.26 Å². The number of nitrogens with one attached hydrogen (secondary N) is 1. The molecular weight excluding hydrogens is 298 g/mol. The van der Waals surface area contributed by atoms with E-state index in [1.54, 1.807) is 18.1 Å². The van der Waals surface area contributed by atoms with E-state index < -0.39 is 5.60 Å². The smallest absolute Gasteiger partial charge is 0.323 e. The molecule has 1 aromatic carbocycles. The lowest BCUT2D eigenvalue weighted by molar-refractivity contribution is 0.0832. The molecule has 0 atom stereocenters. The van der Waals surface area contributed by atoms with E-state index in [9.17, 15) is 4.79 Å². The maximum absolute atomic E-state index is 12.5. The number of aromatic nitrogens is 1. The molecule has 2 amide bonds. The summed E-state index contributed by atoms with van der Waals surface area (Å²) < 4.78 is 16.0. The molecule has 0 radical (unpaired) electrons. The summed E-state index contributed by atoms with van der Waals surface area (Å²) in [5, 5.41) is 6.41. The van der Waals surface area contributed by atoms with Crippen molar-refractivity contribution in [1.82, 2.24) is 10.1 Å². The third kappa shape index (κ3) is 3.39. The van der Waals surface area contributed by atoms with Crippen molar-refractivity contribution in [1.29, 1.82) is 0 Å². The van der Waals surface area contributed by atoms with Gasteiger partial charge in [-0.25, -0.2) is 4.79 Å². The van der Waals surface area contributed by atoms with Gasteiger partial charge in [-0.2, -0.15) is 0 Å². The summed E-state index contributed by atoms with van der Waals surface area (Å²) in [5.41, 5.74) is 0.394. The highest BCUT2D eigenvalue weighted by molar-refractivity contribution is 5.88. The van der Waals surface area contributed by atoms with Crippen LogP contribution in [0.3, 0.4) is 0 Å². The predicted molar refractivity (Wildman–Crippen MR) is 83.6 cm³/mol. The standard InChI is InChI=1S/C16H19N3O4/c1-16(2)10-19(15(20)17-14-6-7-22-18-14)9-11-4-5-12(21-3)8-13(11)23-16/h4-8H,9-10H2,1-3H3,(H,17,18,20). The number of amides is 2. The summed E-state index contributed by atoms with van der Waals surface area (Å²) in [6.45, 7) is 4.76. The van der Waals surface area contributed by atoms with E-state index in [2.05, 4.69) is 10.5 Å². The molecule has 3 rings (SSSR count). The van der Waals surface area contributed by atoms with Crippen LogP contribution in [0.1, 0.15) is 19.4 Å². The van der Waals surface area contributed by atoms with Crippen LogP contribution in [0.2, 0.25) is 0 Å². The lowest BCUT2D eigenvalue weighted by atomic mass is 10.1. The van der Waals surface area contributed by atoms with Crippen LogP contribution in [-0.4, -0.2) is 35.3 Å². The Morgan fingerprint density at radius 2 is 2.22 bits per heavy atom. The number of fused-ring (bicyclic) bond motifs is 1. The van der Waals surface area contributed by atoms with Crippen molar-refractivity contribution in [2.45, 2.75) is 26.0 Å². The number of anilines is 1. The second-order valence-corrected chi connectivity index (χ2v) is 6.01. The van der Waals surface area contributed by atoms with Crippen LogP contribution in [-0.2, 0) is 6.54 Å². The van der Waals surface area contributed by atoms with Crippen LogP contribution in [0.4, 0.5) is 10.6 Å². The molecule has 23 heavy (non-hydrogen) atoms. The van der Waals surface area contributed by atoms with Crippen molar-refractivity contribution >= 4 is 11.8 Å². The first-order valence-corrected chi connectivity index (χ1v) is 7.29. The van der Waals surface area contributed by atoms with E-state index in [1.807, 2.05) is 32.0 Å². The van der Waals surface area contributed by atoms with Gasteiger partial charge in [0.15, 0.2) is 5.82 Å². The number of methoxy groups -OCH3 is 1. The Kier molecular flexibility index (Phi) is 3.85. The largest absolute Gasteiger partial charge is 0.497 e. The predicted octanol–water partition coefficient (Wildman–Crippen LogP) is 2.89. The Bertz CT molecular complexity index is 697. The van der Waals surface area contributed by atoms with E-state index in [-0.39, 0.29) is 6.03 Å². The average molecular weight is 317 g/mol. The molecule has 0 bridgehead atoms. The molecule has 2 heterocycles. The summed E-state index contributed by atoms with van der Waals surface area (Å²) in [6.07, 6.45) is 1.41. The zero-order valence-corrected chi connectivity index (χ0v) is 13.3. The number of benzene rings is 1. The van der Waals surface area contributed by atoms with E-state index >= 15 is 0 Å². The molecule has 0 unspecified atom stereocenters. The fourth-order valence-corrected chi connectivity index (χ4v) is 2.55. The maximum atomic E-state index is 12.5. The Balaban J connectivity index is 1.85. The van der Waals surface area contributed by atoms with Crippen LogP contribution in [0.5, 0.6) is 11.5 Å². The summed E-state index contributed by atoms with van der Waals surface area (Å²) in [4.78, 5) is 14.2. The van der Waals surface area contributed by atoms with Crippen molar-refractivity contribution in [3.63, 3.8) is 0 Å². The summed E-state index contributed by atoms with van der Waals surface area (Å²) >= 11 is 0. The highest BCUT2D eigenvalue weighted by Gasteiger charge is 2.32. The number of carbonyl (C=O) groups is 1. The van der Waals surface area contributed by atoms with Gasteiger partial charge in [0.05, 0.1) is 20.2 Å². The number of nitrogens with zero attached hydrogens (tertiary/aromatic N) is 2. The van der Waals surface area contributed by atoms with Gasteiger partial charge < -0.3 is 18.9 Å². The summed E-state index contributed by atoms with van der Waals surface area (Å²) in [6, 6.07) is 6.95. The van der Waals surface area contributed by atoms with Crippen molar-refractivity contribution in [2.75, 3.05) is 19.0 Å². The number of ether oxygens (including phenoxy) is 2.